The highest BCUT2D eigenvalue weighted by Crippen LogP contribution is 2.28. The Labute approximate surface area is 134 Å². The van der Waals surface area contributed by atoms with Gasteiger partial charge < -0.3 is 9.47 Å². The van der Waals surface area contributed by atoms with Gasteiger partial charge in [0.15, 0.2) is 6.29 Å². The Morgan fingerprint density at radius 1 is 0.952 bits per heavy atom. The minimum absolute atomic E-state index is 0.224. The van der Waals surface area contributed by atoms with Crippen molar-refractivity contribution in [3.05, 3.63) is 70.7 Å². The molecule has 0 N–H and O–H groups in total. The summed E-state index contributed by atoms with van der Waals surface area (Å²) in [6.07, 6.45) is -0.224. The lowest BCUT2D eigenvalue weighted by Crippen LogP contribution is -2.29. The SMILES string of the molecule is Clc1ccc(CS[C@H]2CO[C@H](c3ccccc3)OC2)cc1. The molecule has 110 valence electrons. The van der Waals surface area contributed by atoms with Crippen LogP contribution in [-0.4, -0.2) is 18.5 Å². The van der Waals surface area contributed by atoms with Crippen LogP contribution in [-0.2, 0) is 15.2 Å². The molecule has 1 saturated heterocycles. The Morgan fingerprint density at radius 2 is 1.62 bits per heavy atom. The lowest BCUT2D eigenvalue weighted by atomic mass is 10.2. The smallest absolute Gasteiger partial charge is 0.183 e. The van der Waals surface area contributed by atoms with E-state index in [9.17, 15) is 0 Å². The Bertz CT molecular complexity index is 551. The zero-order valence-corrected chi connectivity index (χ0v) is 13.1. The lowest BCUT2D eigenvalue weighted by molar-refractivity contribution is -0.179. The van der Waals surface area contributed by atoms with Gasteiger partial charge in [-0.15, -0.1) is 11.8 Å². The van der Waals surface area contributed by atoms with Gasteiger partial charge in [0.1, 0.15) is 0 Å². The van der Waals surface area contributed by atoms with Crippen molar-refractivity contribution in [2.45, 2.75) is 17.3 Å². The largest absolute Gasteiger partial charge is 0.347 e. The zero-order valence-electron chi connectivity index (χ0n) is 11.6. The van der Waals surface area contributed by atoms with Gasteiger partial charge in [-0.1, -0.05) is 54.1 Å². The number of thioether (sulfide) groups is 1. The molecular weight excluding hydrogens is 304 g/mol. The minimum atomic E-state index is -0.224. The number of rotatable bonds is 4. The molecule has 0 radical (unpaired) electrons. The zero-order chi connectivity index (χ0) is 14.5. The number of ether oxygens (including phenoxy) is 2. The van der Waals surface area contributed by atoms with Crippen LogP contribution in [0.4, 0.5) is 0 Å². The first-order chi connectivity index (χ1) is 10.3. The summed E-state index contributed by atoms with van der Waals surface area (Å²) < 4.78 is 11.6. The summed E-state index contributed by atoms with van der Waals surface area (Å²) in [5.74, 6) is 0.949. The highest BCUT2D eigenvalue weighted by atomic mass is 35.5. The van der Waals surface area contributed by atoms with E-state index in [1.165, 1.54) is 5.56 Å². The second-order valence-corrected chi connectivity index (χ2v) is 6.69. The van der Waals surface area contributed by atoms with Crippen LogP contribution in [0.1, 0.15) is 17.4 Å². The normalized spacial score (nSPS) is 22.1. The number of halogens is 1. The molecule has 0 aliphatic carbocycles. The maximum Gasteiger partial charge on any atom is 0.183 e. The van der Waals surface area contributed by atoms with Crippen LogP contribution in [0, 0.1) is 0 Å². The molecule has 3 rings (SSSR count). The van der Waals surface area contributed by atoms with Crippen molar-refractivity contribution in [3.63, 3.8) is 0 Å². The fraction of sp³-hybridized carbons (Fsp3) is 0.294. The van der Waals surface area contributed by atoms with Crippen molar-refractivity contribution in [1.82, 2.24) is 0 Å². The molecule has 0 unspecified atom stereocenters. The van der Waals surface area contributed by atoms with Crippen LogP contribution in [0.25, 0.3) is 0 Å². The Morgan fingerprint density at radius 3 is 2.29 bits per heavy atom. The third kappa shape index (κ3) is 4.24. The van der Waals surface area contributed by atoms with Crippen LogP contribution in [0.5, 0.6) is 0 Å². The number of benzene rings is 2. The number of hydrogen-bond acceptors (Lipinski definition) is 3. The molecule has 2 aromatic carbocycles. The van der Waals surface area contributed by atoms with E-state index in [1.807, 2.05) is 54.2 Å². The fourth-order valence-corrected chi connectivity index (χ4v) is 3.28. The van der Waals surface area contributed by atoms with E-state index in [2.05, 4.69) is 12.1 Å². The molecule has 4 heteroatoms. The summed E-state index contributed by atoms with van der Waals surface area (Å²) in [6, 6.07) is 18.1. The van der Waals surface area contributed by atoms with Gasteiger partial charge in [0, 0.05) is 16.3 Å². The molecule has 0 atom stereocenters. The van der Waals surface area contributed by atoms with E-state index in [1.54, 1.807) is 0 Å². The standard InChI is InChI=1S/C17H17ClO2S/c18-15-8-6-13(7-9-15)12-21-16-10-19-17(20-11-16)14-4-2-1-3-5-14/h1-9,16-17H,10-12H2/t16-,17-. The van der Waals surface area contributed by atoms with Crippen LogP contribution in [0.3, 0.4) is 0 Å². The van der Waals surface area contributed by atoms with E-state index in [-0.39, 0.29) is 6.29 Å². The summed E-state index contributed by atoms with van der Waals surface area (Å²) in [7, 11) is 0. The summed E-state index contributed by atoms with van der Waals surface area (Å²) in [5, 5.41) is 1.15. The molecule has 1 aliphatic heterocycles. The lowest BCUT2D eigenvalue weighted by Gasteiger charge is -2.29. The molecule has 0 bridgehead atoms. The fourth-order valence-electron chi connectivity index (χ4n) is 2.18. The molecule has 1 aliphatic rings. The van der Waals surface area contributed by atoms with Crippen LogP contribution < -0.4 is 0 Å². The topological polar surface area (TPSA) is 18.5 Å². The van der Waals surface area contributed by atoms with Crippen molar-refractivity contribution in [2.75, 3.05) is 13.2 Å². The molecule has 0 amide bonds. The van der Waals surface area contributed by atoms with Gasteiger partial charge in [0.05, 0.1) is 18.5 Å². The van der Waals surface area contributed by atoms with E-state index in [4.69, 9.17) is 21.1 Å². The highest BCUT2D eigenvalue weighted by Gasteiger charge is 2.23. The highest BCUT2D eigenvalue weighted by molar-refractivity contribution is 7.99. The van der Waals surface area contributed by atoms with Gasteiger partial charge >= 0.3 is 0 Å². The molecule has 1 fully saturated rings. The molecule has 0 saturated carbocycles. The summed E-state index contributed by atoms with van der Waals surface area (Å²) >= 11 is 7.75. The predicted molar refractivity (Wildman–Crippen MR) is 87.6 cm³/mol. The third-order valence-electron chi connectivity index (χ3n) is 3.34. The van der Waals surface area contributed by atoms with Gasteiger partial charge in [-0.3, -0.25) is 0 Å². The predicted octanol–water partition coefficient (Wildman–Crippen LogP) is 4.69. The van der Waals surface area contributed by atoms with Crippen molar-refractivity contribution in [2.24, 2.45) is 0 Å². The van der Waals surface area contributed by atoms with Gasteiger partial charge in [-0.25, -0.2) is 0 Å². The molecule has 2 nitrogen and oxygen atoms in total. The first kappa shape index (κ1) is 14.9. The summed E-state index contributed by atoms with van der Waals surface area (Å²) in [6.45, 7) is 1.44. The quantitative estimate of drug-likeness (QED) is 0.814. The van der Waals surface area contributed by atoms with Gasteiger partial charge in [-0.05, 0) is 17.7 Å². The van der Waals surface area contributed by atoms with E-state index in [0.29, 0.717) is 5.25 Å². The molecular formula is C17H17ClO2S. The molecule has 0 aromatic heterocycles. The Kier molecular flexibility index (Phi) is 5.20. The molecule has 2 aromatic rings. The first-order valence-electron chi connectivity index (χ1n) is 6.95. The summed E-state index contributed by atoms with van der Waals surface area (Å²) in [4.78, 5) is 0. The van der Waals surface area contributed by atoms with E-state index < -0.39 is 0 Å². The van der Waals surface area contributed by atoms with Gasteiger partial charge in [-0.2, -0.15) is 0 Å². The first-order valence-corrected chi connectivity index (χ1v) is 8.38. The van der Waals surface area contributed by atoms with Crippen molar-refractivity contribution >= 4 is 23.4 Å². The average Bonchev–Trinajstić information content (AvgIpc) is 2.56. The number of hydrogen-bond donors (Lipinski definition) is 0. The van der Waals surface area contributed by atoms with Crippen LogP contribution in [0.2, 0.25) is 5.02 Å². The summed E-state index contributed by atoms with van der Waals surface area (Å²) in [5.41, 5.74) is 2.35. The monoisotopic (exact) mass is 320 g/mol. The van der Waals surface area contributed by atoms with Crippen molar-refractivity contribution in [3.8, 4) is 0 Å². The Hall–Kier alpha value is -1.00. The third-order valence-corrected chi connectivity index (χ3v) is 4.83. The van der Waals surface area contributed by atoms with Crippen molar-refractivity contribution in [1.29, 1.82) is 0 Å². The molecule has 21 heavy (non-hydrogen) atoms. The van der Waals surface area contributed by atoms with E-state index >= 15 is 0 Å². The maximum atomic E-state index is 5.89. The Balaban J connectivity index is 1.47. The molecule has 1 heterocycles. The van der Waals surface area contributed by atoms with Gasteiger partial charge in [0.25, 0.3) is 0 Å². The van der Waals surface area contributed by atoms with Crippen molar-refractivity contribution < 1.29 is 9.47 Å². The average molecular weight is 321 g/mol. The van der Waals surface area contributed by atoms with Crippen LogP contribution in [0.15, 0.2) is 54.6 Å². The van der Waals surface area contributed by atoms with Gasteiger partial charge in [0.2, 0.25) is 0 Å². The second kappa shape index (κ2) is 7.32. The van der Waals surface area contributed by atoms with Crippen LogP contribution >= 0.6 is 23.4 Å². The van der Waals surface area contributed by atoms with E-state index in [0.717, 1.165) is 29.6 Å². The maximum absolute atomic E-state index is 5.89. The molecule has 0 spiro atoms. The minimum Gasteiger partial charge on any atom is -0.347 e. The second-order valence-electron chi connectivity index (χ2n) is 4.97.